The smallest absolute Gasteiger partial charge is 0.261 e. The second-order valence-electron chi connectivity index (χ2n) is 4.60. The summed E-state index contributed by atoms with van der Waals surface area (Å²) in [7, 11) is -3.63. The van der Waals surface area contributed by atoms with E-state index in [9.17, 15) is 13.5 Å². The Labute approximate surface area is 119 Å². The predicted molar refractivity (Wildman–Crippen MR) is 79.5 cm³/mol. The summed E-state index contributed by atoms with van der Waals surface area (Å²) in [6.45, 7) is 3.76. The van der Waals surface area contributed by atoms with Crippen LogP contribution in [0.25, 0.3) is 0 Å². The lowest BCUT2D eigenvalue weighted by Crippen LogP contribution is -2.12. The lowest BCUT2D eigenvalue weighted by Gasteiger charge is -2.09. The van der Waals surface area contributed by atoms with Crippen LogP contribution in [0.15, 0.2) is 47.4 Å². The molecule has 0 fully saturated rings. The quantitative estimate of drug-likeness (QED) is 0.909. The van der Waals surface area contributed by atoms with Crippen LogP contribution in [0.5, 0.6) is 5.75 Å². The molecule has 2 rings (SSSR count). The van der Waals surface area contributed by atoms with Gasteiger partial charge in [-0.15, -0.1) is 0 Å². The number of nitrogens with one attached hydrogen (secondary N) is 1. The van der Waals surface area contributed by atoms with Crippen LogP contribution in [-0.4, -0.2) is 13.5 Å². The van der Waals surface area contributed by atoms with Crippen molar-refractivity contribution in [1.29, 1.82) is 0 Å². The van der Waals surface area contributed by atoms with Crippen LogP contribution in [0.3, 0.4) is 0 Å². The third kappa shape index (κ3) is 3.11. The fourth-order valence-corrected chi connectivity index (χ4v) is 2.84. The molecule has 2 aromatic carbocycles. The van der Waals surface area contributed by atoms with E-state index >= 15 is 0 Å². The minimum atomic E-state index is -3.63. The molecule has 0 amide bonds. The van der Waals surface area contributed by atoms with Crippen molar-refractivity contribution in [2.75, 3.05) is 4.72 Å². The van der Waals surface area contributed by atoms with Gasteiger partial charge in [0.2, 0.25) is 0 Å². The van der Waals surface area contributed by atoms with Crippen LogP contribution < -0.4 is 4.72 Å². The Morgan fingerprint density at radius 2 is 1.75 bits per heavy atom. The number of aryl methyl sites for hydroxylation is 2. The summed E-state index contributed by atoms with van der Waals surface area (Å²) in [6.07, 6.45) is 0.861. The molecule has 0 aliphatic carbocycles. The maximum atomic E-state index is 12.2. The largest absolute Gasteiger partial charge is 0.508 e. The number of phenolic OH excluding ortho intramolecular Hbond substituents is 1. The number of hydrogen-bond donors (Lipinski definition) is 2. The van der Waals surface area contributed by atoms with Gasteiger partial charge in [-0.05, 0) is 42.7 Å². The summed E-state index contributed by atoms with van der Waals surface area (Å²) < 4.78 is 26.9. The highest BCUT2D eigenvalue weighted by molar-refractivity contribution is 7.92. The second-order valence-corrected chi connectivity index (χ2v) is 6.29. The molecule has 0 atom stereocenters. The van der Waals surface area contributed by atoms with Gasteiger partial charge in [-0.1, -0.05) is 25.1 Å². The van der Waals surface area contributed by atoms with Gasteiger partial charge >= 0.3 is 0 Å². The predicted octanol–water partition coefficient (Wildman–Crippen LogP) is 3.06. The van der Waals surface area contributed by atoms with E-state index in [-0.39, 0.29) is 10.6 Å². The van der Waals surface area contributed by atoms with Gasteiger partial charge in [0, 0.05) is 6.07 Å². The second kappa shape index (κ2) is 5.54. The van der Waals surface area contributed by atoms with Crippen molar-refractivity contribution in [2.24, 2.45) is 0 Å². The van der Waals surface area contributed by atoms with E-state index in [0.717, 1.165) is 12.0 Å². The topological polar surface area (TPSA) is 66.4 Å². The maximum absolute atomic E-state index is 12.2. The van der Waals surface area contributed by atoms with Gasteiger partial charge in [0.05, 0.1) is 10.6 Å². The van der Waals surface area contributed by atoms with Gasteiger partial charge in [0.25, 0.3) is 10.0 Å². The number of aromatic hydroxyl groups is 1. The molecule has 0 radical (unpaired) electrons. The lowest BCUT2D eigenvalue weighted by molar-refractivity contribution is 0.471. The average molecular weight is 291 g/mol. The monoisotopic (exact) mass is 291 g/mol. The van der Waals surface area contributed by atoms with Crippen LogP contribution in [0.2, 0.25) is 0 Å². The first kappa shape index (κ1) is 14.4. The highest BCUT2D eigenvalue weighted by Gasteiger charge is 2.14. The summed E-state index contributed by atoms with van der Waals surface area (Å²) in [5.41, 5.74) is 2.12. The van der Waals surface area contributed by atoms with Gasteiger partial charge in [-0.3, -0.25) is 4.72 Å². The molecule has 106 valence electrons. The van der Waals surface area contributed by atoms with Crippen molar-refractivity contribution in [3.05, 3.63) is 53.6 Å². The summed E-state index contributed by atoms with van der Waals surface area (Å²) in [6, 6.07) is 11.4. The molecule has 0 heterocycles. The average Bonchev–Trinajstić information content (AvgIpc) is 2.43. The first-order chi connectivity index (χ1) is 9.42. The molecular weight excluding hydrogens is 274 g/mol. The molecule has 2 aromatic rings. The molecule has 0 saturated carbocycles. The van der Waals surface area contributed by atoms with E-state index in [1.807, 2.05) is 6.92 Å². The molecule has 0 unspecified atom stereocenters. The number of hydrogen-bond acceptors (Lipinski definition) is 3. The van der Waals surface area contributed by atoms with Gasteiger partial charge < -0.3 is 5.11 Å². The Morgan fingerprint density at radius 1 is 1.10 bits per heavy atom. The first-order valence-corrected chi connectivity index (χ1v) is 7.82. The molecule has 0 saturated heterocycles. The fraction of sp³-hybridized carbons (Fsp3) is 0.200. The Kier molecular flexibility index (Phi) is 3.99. The SMILES string of the molecule is CCc1ccc(S(=O)(=O)Nc2ccc(C)c(O)c2)cc1. The van der Waals surface area contributed by atoms with Crippen molar-refractivity contribution in [3.63, 3.8) is 0 Å². The molecule has 0 aliphatic heterocycles. The van der Waals surface area contributed by atoms with E-state index in [2.05, 4.69) is 4.72 Å². The molecule has 2 N–H and O–H groups in total. The molecule has 20 heavy (non-hydrogen) atoms. The third-order valence-electron chi connectivity index (χ3n) is 3.10. The Bertz CT molecular complexity index is 706. The zero-order valence-electron chi connectivity index (χ0n) is 11.4. The number of sulfonamides is 1. The highest BCUT2D eigenvalue weighted by Crippen LogP contribution is 2.23. The molecule has 4 nitrogen and oxygen atoms in total. The summed E-state index contributed by atoms with van der Waals surface area (Å²) in [5.74, 6) is 0.0616. The zero-order chi connectivity index (χ0) is 14.8. The highest BCUT2D eigenvalue weighted by atomic mass is 32.2. The number of rotatable bonds is 4. The molecular formula is C15H17NO3S. The summed E-state index contributed by atoms with van der Waals surface area (Å²) >= 11 is 0. The molecule has 0 aliphatic rings. The van der Waals surface area contributed by atoms with Crippen LogP contribution in [0, 0.1) is 6.92 Å². The Hall–Kier alpha value is -2.01. The number of phenols is 1. The first-order valence-electron chi connectivity index (χ1n) is 6.34. The lowest BCUT2D eigenvalue weighted by atomic mass is 10.2. The number of benzene rings is 2. The minimum absolute atomic E-state index is 0.0616. The van der Waals surface area contributed by atoms with E-state index in [4.69, 9.17) is 0 Å². The van der Waals surface area contributed by atoms with E-state index in [1.54, 1.807) is 43.3 Å². The van der Waals surface area contributed by atoms with E-state index < -0.39 is 10.0 Å². The standard InChI is InChI=1S/C15H17NO3S/c1-3-12-5-8-14(9-6-12)20(18,19)16-13-7-4-11(2)15(17)10-13/h4-10,16-17H,3H2,1-2H3. The van der Waals surface area contributed by atoms with Crippen molar-refractivity contribution in [2.45, 2.75) is 25.2 Å². The summed E-state index contributed by atoms with van der Waals surface area (Å²) in [4.78, 5) is 0.203. The Morgan fingerprint density at radius 3 is 2.30 bits per heavy atom. The van der Waals surface area contributed by atoms with Gasteiger partial charge in [-0.2, -0.15) is 0 Å². The molecule has 0 spiro atoms. The van der Waals surface area contributed by atoms with Gasteiger partial charge in [0.15, 0.2) is 0 Å². The van der Waals surface area contributed by atoms with Crippen LogP contribution >= 0.6 is 0 Å². The maximum Gasteiger partial charge on any atom is 0.261 e. The van der Waals surface area contributed by atoms with Gasteiger partial charge in [0.1, 0.15) is 5.75 Å². The Balaban J connectivity index is 2.27. The van der Waals surface area contributed by atoms with Crippen molar-refractivity contribution in [1.82, 2.24) is 0 Å². The van der Waals surface area contributed by atoms with Crippen molar-refractivity contribution < 1.29 is 13.5 Å². The minimum Gasteiger partial charge on any atom is -0.508 e. The third-order valence-corrected chi connectivity index (χ3v) is 4.50. The molecule has 5 heteroatoms. The van der Waals surface area contributed by atoms with Crippen LogP contribution in [0.1, 0.15) is 18.1 Å². The zero-order valence-corrected chi connectivity index (χ0v) is 12.2. The van der Waals surface area contributed by atoms with Gasteiger partial charge in [-0.25, -0.2) is 8.42 Å². The summed E-state index contributed by atoms with van der Waals surface area (Å²) in [5, 5.41) is 9.60. The normalized spacial score (nSPS) is 11.3. The number of anilines is 1. The van der Waals surface area contributed by atoms with E-state index in [1.165, 1.54) is 6.07 Å². The van der Waals surface area contributed by atoms with Crippen LogP contribution in [-0.2, 0) is 16.4 Å². The molecule has 0 aromatic heterocycles. The van der Waals surface area contributed by atoms with Crippen molar-refractivity contribution >= 4 is 15.7 Å². The van der Waals surface area contributed by atoms with E-state index in [0.29, 0.717) is 11.3 Å². The fourth-order valence-electron chi connectivity index (χ4n) is 1.79. The van der Waals surface area contributed by atoms with Crippen LogP contribution in [0.4, 0.5) is 5.69 Å². The van der Waals surface area contributed by atoms with Crippen molar-refractivity contribution in [3.8, 4) is 5.75 Å². The molecule has 0 bridgehead atoms.